The Labute approximate surface area is 117 Å². The Balaban J connectivity index is 2.11. The first-order valence-corrected chi connectivity index (χ1v) is 11.0. The summed E-state index contributed by atoms with van der Waals surface area (Å²) >= 11 is 0. The molecule has 19 heavy (non-hydrogen) atoms. The highest BCUT2D eigenvalue weighted by atomic mass is 28.3. The van der Waals surface area contributed by atoms with Gasteiger partial charge in [0, 0.05) is 11.3 Å². The van der Waals surface area contributed by atoms with Gasteiger partial charge in [0.15, 0.2) is 0 Å². The predicted molar refractivity (Wildman–Crippen MR) is 80.7 cm³/mol. The molecule has 1 N–H and O–H groups in total. The fraction of sp³-hybridized carbons (Fsp3) is 0.750. The summed E-state index contributed by atoms with van der Waals surface area (Å²) in [4.78, 5) is 0. The SMILES string of the molecule is CC1=C[C@@]23CO[C@@](C)(C1)[C@@H]2/C(=C\[Si](C)(C)C)C[C@H]3O. The standard InChI is InChI=1S/C16H26O2Si/c1-11-7-15(2)14-12(9-19(3,4)5)6-13(17)16(14,8-11)10-18-15/h8-9,13-14,17H,6-7,10H2,1-5H3/b12-9-/t13-,14+,15+,16+/m1/s1. The zero-order chi connectivity index (χ0) is 14.1. The second kappa shape index (κ2) is 3.83. The minimum Gasteiger partial charge on any atom is -0.392 e. The maximum Gasteiger partial charge on any atom is 0.0766 e. The van der Waals surface area contributed by atoms with Crippen LogP contribution >= 0.6 is 0 Å². The van der Waals surface area contributed by atoms with Gasteiger partial charge in [-0.05, 0) is 26.7 Å². The van der Waals surface area contributed by atoms with Gasteiger partial charge in [-0.15, -0.1) is 0 Å². The summed E-state index contributed by atoms with van der Waals surface area (Å²) in [6, 6.07) is 0. The summed E-state index contributed by atoms with van der Waals surface area (Å²) in [6.45, 7) is 12.2. The molecule has 0 unspecified atom stereocenters. The highest BCUT2D eigenvalue weighted by Crippen LogP contribution is 2.62. The van der Waals surface area contributed by atoms with Crippen LogP contribution in [0.2, 0.25) is 19.6 Å². The molecule has 0 aromatic carbocycles. The number of hydrogen-bond acceptors (Lipinski definition) is 2. The van der Waals surface area contributed by atoms with E-state index in [1.54, 1.807) is 0 Å². The maximum absolute atomic E-state index is 10.7. The first-order valence-electron chi connectivity index (χ1n) is 7.38. The number of ether oxygens (including phenoxy) is 1. The van der Waals surface area contributed by atoms with Crippen LogP contribution in [0.25, 0.3) is 0 Å². The minimum absolute atomic E-state index is 0.0954. The minimum atomic E-state index is -1.26. The fourth-order valence-corrected chi connectivity index (χ4v) is 6.12. The van der Waals surface area contributed by atoms with Crippen molar-refractivity contribution >= 4 is 8.07 Å². The fourth-order valence-electron chi connectivity index (χ4n) is 4.72. The van der Waals surface area contributed by atoms with Crippen molar-refractivity contribution in [3.05, 3.63) is 22.9 Å². The Morgan fingerprint density at radius 1 is 1.42 bits per heavy atom. The molecule has 0 aromatic heterocycles. The average Bonchev–Trinajstić information content (AvgIpc) is 2.57. The summed E-state index contributed by atoms with van der Waals surface area (Å²) < 4.78 is 6.17. The van der Waals surface area contributed by atoms with Crippen LogP contribution in [-0.2, 0) is 4.74 Å². The lowest BCUT2D eigenvalue weighted by Crippen LogP contribution is -2.42. The third kappa shape index (κ3) is 1.89. The molecule has 0 aromatic rings. The highest BCUT2D eigenvalue weighted by Gasteiger charge is 2.65. The van der Waals surface area contributed by atoms with Gasteiger partial charge in [0.25, 0.3) is 0 Å². The van der Waals surface area contributed by atoms with Crippen LogP contribution in [-0.4, -0.2) is 31.5 Å². The molecule has 2 bridgehead atoms. The molecule has 3 heteroatoms. The van der Waals surface area contributed by atoms with E-state index in [-0.39, 0.29) is 17.1 Å². The molecule has 0 amide bonds. The summed E-state index contributed by atoms with van der Waals surface area (Å²) in [7, 11) is -1.26. The Hall–Kier alpha value is -0.383. The quantitative estimate of drug-likeness (QED) is 0.589. The van der Waals surface area contributed by atoms with Gasteiger partial charge in [-0.1, -0.05) is 42.6 Å². The van der Waals surface area contributed by atoms with E-state index in [0.717, 1.165) is 12.8 Å². The van der Waals surface area contributed by atoms with Crippen LogP contribution in [0.1, 0.15) is 26.7 Å². The van der Waals surface area contributed by atoms with E-state index in [1.165, 1.54) is 11.1 Å². The molecular weight excluding hydrogens is 252 g/mol. The molecular formula is C16H26O2Si. The molecule has 2 nitrogen and oxygen atoms in total. The lowest BCUT2D eigenvalue weighted by molar-refractivity contribution is -0.000265. The zero-order valence-electron chi connectivity index (χ0n) is 12.8. The second-order valence-electron chi connectivity index (χ2n) is 8.12. The van der Waals surface area contributed by atoms with Gasteiger partial charge >= 0.3 is 0 Å². The number of rotatable bonds is 1. The van der Waals surface area contributed by atoms with E-state index in [2.05, 4.69) is 45.3 Å². The second-order valence-corrected chi connectivity index (χ2v) is 13.1. The summed E-state index contributed by atoms with van der Waals surface area (Å²) in [5, 5.41) is 10.7. The van der Waals surface area contributed by atoms with Crippen molar-refractivity contribution in [1.82, 2.24) is 0 Å². The normalized spacial score (nSPS) is 47.5. The van der Waals surface area contributed by atoms with E-state index in [4.69, 9.17) is 4.74 Å². The van der Waals surface area contributed by atoms with Crippen molar-refractivity contribution in [3.8, 4) is 0 Å². The van der Waals surface area contributed by atoms with E-state index in [9.17, 15) is 5.11 Å². The summed E-state index contributed by atoms with van der Waals surface area (Å²) in [5.41, 5.74) is 5.12. The zero-order valence-corrected chi connectivity index (χ0v) is 13.8. The molecule has 2 fully saturated rings. The highest BCUT2D eigenvalue weighted by molar-refractivity contribution is 6.81. The molecule has 4 atom stereocenters. The Morgan fingerprint density at radius 3 is 2.74 bits per heavy atom. The van der Waals surface area contributed by atoms with E-state index in [0.29, 0.717) is 12.5 Å². The monoisotopic (exact) mass is 278 g/mol. The molecule has 0 radical (unpaired) electrons. The molecule has 1 saturated carbocycles. The smallest absolute Gasteiger partial charge is 0.0766 e. The Bertz CT molecular complexity index is 474. The topological polar surface area (TPSA) is 29.5 Å². The molecule has 0 spiro atoms. The third-order valence-electron chi connectivity index (χ3n) is 4.98. The van der Waals surface area contributed by atoms with Crippen LogP contribution < -0.4 is 0 Å². The third-order valence-corrected chi connectivity index (χ3v) is 6.22. The molecule has 106 valence electrons. The van der Waals surface area contributed by atoms with Crippen molar-refractivity contribution < 1.29 is 9.84 Å². The maximum atomic E-state index is 10.7. The van der Waals surface area contributed by atoms with Crippen molar-refractivity contribution in [2.45, 2.75) is 58.0 Å². The lowest BCUT2D eigenvalue weighted by atomic mass is 9.65. The van der Waals surface area contributed by atoms with Gasteiger partial charge in [-0.25, -0.2) is 0 Å². The van der Waals surface area contributed by atoms with E-state index < -0.39 is 8.07 Å². The number of aliphatic hydroxyl groups excluding tert-OH is 1. The van der Waals surface area contributed by atoms with Crippen molar-refractivity contribution in [2.75, 3.05) is 6.61 Å². The summed E-state index contributed by atoms with van der Waals surface area (Å²) in [5.74, 6) is 0.394. The van der Waals surface area contributed by atoms with E-state index >= 15 is 0 Å². The van der Waals surface area contributed by atoms with Crippen molar-refractivity contribution in [1.29, 1.82) is 0 Å². The van der Waals surface area contributed by atoms with Gasteiger partial charge < -0.3 is 9.84 Å². The predicted octanol–water partition coefficient (Wildman–Crippen LogP) is 3.30. The van der Waals surface area contributed by atoms with E-state index in [1.807, 2.05) is 0 Å². The van der Waals surface area contributed by atoms with Crippen LogP contribution in [0, 0.1) is 11.3 Å². The largest absolute Gasteiger partial charge is 0.392 e. The molecule has 1 saturated heterocycles. The van der Waals surface area contributed by atoms with Gasteiger partial charge in [0.05, 0.1) is 26.4 Å². The van der Waals surface area contributed by atoms with Crippen LogP contribution in [0.5, 0.6) is 0 Å². The summed E-state index contributed by atoms with van der Waals surface area (Å²) in [6.07, 6.45) is 3.91. The van der Waals surface area contributed by atoms with Gasteiger partial charge in [0.1, 0.15) is 0 Å². The Kier molecular flexibility index (Phi) is 2.74. The van der Waals surface area contributed by atoms with Crippen LogP contribution in [0.4, 0.5) is 0 Å². The number of hydrogen-bond donors (Lipinski definition) is 1. The molecule has 2 aliphatic carbocycles. The first-order chi connectivity index (χ1) is 8.66. The van der Waals surface area contributed by atoms with Gasteiger partial charge in [-0.3, -0.25) is 0 Å². The first kappa shape index (κ1) is 13.6. The van der Waals surface area contributed by atoms with Gasteiger partial charge in [-0.2, -0.15) is 0 Å². The van der Waals surface area contributed by atoms with Crippen molar-refractivity contribution in [2.24, 2.45) is 11.3 Å². The molecule has 3 aliphatic rings. The molecule has 3 rings (SSSR count). The Morgan fingerprint density at radius 2 is 2.11 bits per heavy atom. The molecule has 1 aliphatic heterocycles. The lowest BCUT2D eigenvalue weighted by Gasteiger charge is -2.39. The number of aliphatic hydroxyl groups is 1. The van der Waals surface area contributed by atoms with Crippen molar-refractivity contribution in [3.63, 3.8) is 0 Å². The van der Waals surface area contributed by atoms with Gasteiger partial charge in [0.2, 0.25) is 0 Å². The molecule has 1 heterocycles. The van der Waals surface area contributed by atoms with Crippen LogP contribution in [0.3, 0.4) is 0 Å². The van der Waals surface area contributed by atoms with Crippen LogP contribution in [0.15, 0.2) is 22.9 Å². The average molecular weight is 278 g/mol.